The standard InChI is InChI=1S/C28H39N3O7S/c1-37-24-7-9-25(10-8-24)39(35,36)30(18-22-11-14-29-15-12-22)19-27(32)26(17-21-5-3-2-4-6-21)31(28(33)34)23-13-16-38-20-23/h2-10,22-23,26-27,29,32H,11-20H2,1H3,(H,33,34)/t23-,26-,27+/m0/s1. The monoisotopic (exact) mass is 561 g/mol. The lowest BCUT2D eigenvalue weighted by Crippen LogP contribution is -2.56. The minimum Gasteiger partial charge on any atom is -0.497 e. The van der Waals surface area contributed by atoms with Gasteiger partial charge in [-0.3, -0.25) is 4.90 Å². The number of methoxy groups -OCH3 is 1. The van der Waals surface area contributed by atoms with E-state index in [4.69, 9.17) is 9.47 Å². The molecule has 0 unspecified atom stereocenters. The molecule has 1 amide bonds. The molecule has 2 heterocycles. The van der Waals surface area contributed by atoms with Crippen LogP contribution in [-0.2, 0) is 21.2 Å². The highest BCUT2D eigenvalue weighted by Gasteiger charge is 2.39. The number of nitrogens with zero attached hydrogens (tertiary/aromatic N) is 2. The van der Waals surface area contributed by atoms with Gasteiger partial charge >= 0.3 is 6.09 Å². The van der Waals surface area contributed by atoms with Crippen molar-refractivity contribution in [2.75, 3.05) is 46.5 Å². The van der Waals surface area contributed by atoms with Crippen molar-refractivity contribution in [3.05, 3.63) is 60.2 Å². The van der Waals surface area contributed by atoms with Gasteiger partial charge in [-0.25, -0.2) is 13.2 Å². The number of nitrogens with one attached hydrogen (secondary N) is 1. The second-order valence-electron chi connectivity index (χ2n) is 10.2. The zero-order valence-corrected chi connectivity index (χ0v) is 23.1. The fourth-order valence-electron chi connectivity index (χ4n) is 5.44. The van der Waals surface area contributed by atoms with Gasteiger partial charge in [0.05, 0.1) is 36.8 Å². The highest BCUT2D eigenvalue weighted by molar-refractivity contribution is 7.89. The highest BCUT2D eigenvalue weighted by atomic mass is 32.2. The Hall–Kier alpha value is -2.70. The average Bonchev–Trinajstić information content (AvgIpc) is 3.47. The first-order valence-electron chi connectivity index (χ1n) is 13.5. The smallest absolute Gasteiger partial charge is 0.407 e. The first-order chi connectivity index (χ1) is 18.8. The number of hydrogen-bond donors (Lipinski definition) is 3. The third-order valence-electron chi connectivity index (χ3n) is 7.62. The Kier molecular flexibility index (Phi) is 10.2. The Morgan fingerprint density at radius 2 is 1.79 bits per heavy atom. The largest absolute Gasteiger partial charge is 0.497 e. The van der Waals surface area contributed by atoms with E-state index in [2.05, 4.69) is 5.32 Å². The molecule has 3 N–H and O–H groups in total. The van der Waals surface area contributed by atoms with Crippen LogP contribution in [0.1, 0.15) is 24.8 Å². The van der Waals surface area contributed by atoms with Crippen LogP contribution in [0.5, 0.6) is 5.75 Å². The van der Waals surface area contributed by atoms with Crippen LogP contribution in [-0.4, -0.2) is 98.6 Å². The molecule has 0 aliphatic carbocycles. The van der Waals surface area contributed by atoms with E-state index >= 15 is 0 Å². The van der Waals surface area contributed by atoms with Crippen molar-refractivity contribution in [2.24, 2.45) is 5.92 Å². The predicted octanol–water partition coefficient (Wildman–Crippen LogP) is 2.43. The van der Waals surface area contributed by atoms with Crippen LogP contribution in [0, 0.1) is 5.92 Å². The molecule has 0 saturated carbocycles. The lowest BCUT2D eigenvalue weighted by molar-refractivity contribution is 0.0156. The number of ether oxygens (including phenoxy) is 2. The number of carbonyl (C=O) groups is 1. The van der Waals surface area contributed by atoms with Crippen molar-refractivity contribution in [3.8, 4) is 5.75 Å². The van der Waals surface area contributed by atoms with Crippen LogP contribution in [0.3, 0.4) is 0 Å². The maximum absolute atomic E-state index is 13.9. The molecule has 3 atom stereocenters. The molecule has 2 aromatic carbocycles. The molecule has 11 heteroatoms. The van der Waals surface area contributed by atoms with Crippen LogP contribution in [0.15, 0.2) is 59.5 Å². The molecule has 10 nitrogen and oxygen atoms in total. The molecule has 39 heavy (non-hydrogen) atoms. The van der Waals surface area contributed by atoms with Crippen LogP contribution < -0.4 is 10.1 Å². The molecule has 0 radical (unpaired) electrons. The van der Waals surface area contributed by atoms with Crippen molar-refractivity contribution >= 4 is 16.1 Å². The van der Waals surface area contributed by atoms with Gasteiger partial charge < -0.3 is 25.0 Å². The van der Waals surface area contributed by atoms with Gasteiger partial charge in [0.25, 0.3) is 0 Å². The van der Waals surface area contributed by atoms with Gasteiger partial charge in [-0.1, -0.05) is 30.3 Å². The number of sulfonamides is 1. The molecule has 0 aromatic heterocycles. The maximum Gasteiger partial charge on any atom is 0.407 e. The zero-order valence-electron chi connectivity index (χ0n) is 22.3. The molecule has 214 valence electrons. The third-order valence-corrected chi connectivity index (χ3v) is 9.46. The zero-order chi connectivity index (χ0) is 27.8. The average molecular weight is 562 g/mol. The molecule has 0 bridgehead atoms. The Balaban J connectivity index is 1.65. The summed E-state index contributed by atoms with van der Waals surface area (Å²) in [7, 11) is -2.47. The predicted molar refractivity (Wildman–Crippen MR) is 146 cm³/mol. The van der Waals surface area contributed by atoms with Gasteiger partial charge in [-0.05, 0) is 74.5 Å². The van der Waals surface area contributed by atoms with Crippen molar-refractivity contribution < 1.29 is 32.9 Å². The Labute approximate surface area is 230 Å². The van der Waals surface area contributed by atoms with E-state index in [1.807, 2.05) is 30.3 Å². The Morgan fingerprint density at radius 3 is 2.38 bits per heavy atom. The highest BCUT2D eigenvalue weighted by Crippen LogP contribution is 2.26. The summed E-state index contributed by atoms with van der Waals surface area (Å²) in [5, 5.41) is 25.2. The molecule has 0 spiro atoms. The van der Waals surface area contributed by atoms with Gasteiger partial charge in [-0.15, -0.1) is 0 Å². The summed E-state index contributed by atoms with van der Waals surface area (Å²) in [5.74, 6) is 0.663. The summed E-state index contributed by atoms with van der Waals surface area (Å²) in [4.78, 5) is 13.9. The number of carboxylic acid groups (broad SMARTS) is 1. The topological polar surface area (TPSA) is 129 Å². The summed E-state index contributed by atoms with van der Waals surface area (Å²) < 4.78 is 39.8. The van der Waals surface area contributed by atoms with Crippen LogP contribution >= 0.6 is 0 Å². The number of aliphatic hydroxyl groups excluding tert-OH is 1. The van der Waals surface area contributed by atoms with E-state index in [1.165, 1.54) is 28.4 Å². The number of piperidine rings is 1. The first kappa shape index (κ1) is 29.3. The molecular weight excluding hydrogens is 522 g/mol. The summed E-state index contributed by atoms with van der Waals surface area (Å²) in [6, 6.07) is 14.3. The van der Waals surface area contributed by atoms with E-state index in [9.17, 15) is 23.4 Å². The quantitative estimate of drug-likeness (QED) is 0.361. The van der Waals surface area contributed by atoms with Crippen molar-refractivity contribution in [2.45, 2.75) is 48.8 Å². The number of benzene rings is 2. The van der Waals surface area contributed by atoms with Crippen LogP contribution in [0.4, 0.5) is 4.79 Å². The van der Waals surface area contributed by atoms with Gasteiger partial charge in [0, 0.05) is 19.7 Å². The number of rotatable bonds is 12. The number of hydrogen-bond acceptors (Lipinski definition) is 7. The summed E-state index contributed by atoms with van der Waals surface area (Å²) in [6.07, 6.45) is -0.0236. The summed E-state index contributed by atoms with van der Waals surface area (Å²) in [6.45, 7) is 2.30. The molecular formula is C28H39N3O7S. The van der Waals surface area contributed by atoms with Gasteiger partial charge in [-0.2, -0.15) is 4.31 Å². The van der Waals surface area contributed by atoms with Crippen molar-refractivity contribution in [3.63, 3.8) is 0 Å². The fraction of sp³-hybridized carbons (Fsp3) is 0.536. The van der Waals surface area contributed by atoms with E-state index in [1.54, 1.807) is 12.1 Å². The fourth-order valence-corrected chi connectivity index (χ4v) is 6.97. The lowest BCUT2D eigenvalue weighted by Gasteiger charge is -2.38. The first-order valence-corrected chi connectivity index (χ1v) is 14.9. The van der Waals surface area contributed by atoms with Crippen LogP contribution in [0.2, 0.25) is 0 Å². The number of amides is 1. The van der Waals surface area contributed by atoms with Gasteiger partial charge in [0.15, 0.2) is 0 Å². The van der Waals surface area contributed by atoms with E-state index in [0.29, 0.717) is 18.8 Å². The van der Waals surface area contributed by atoms with Crippen molar-refractivity contribution in [1.82, 2.24) is 14.5 Å². The summed E-state index contributed by atoms with van der Waals surface area (Å²) in [5.41, 5.74) is 0.856. The molecule has 2 aromatic rings. The molecule has 2 saturated heterocycles. The normalized spacial score (nSPS) is 20.0. The van der Waals surface area contributed by atoms with E-state index in [0.717, 1.165) is 31.5 Å². The lowest BCUT2D eigenvalue weighted by atomic mass is 9.96. The molecule has 2 aliphatic heterocycles. The van der Waals surface area contributed by atoms with Gasteiger partial charge in [0.1, 0.15) is 5.75 Å². The Morgan fingerprint density at radius 1 is 1.10 bits per heavy atom. The Bertz CT molecular complexity index is 1150. The molecule has 2 aliphatic rings. The number of aliphatic hydroxyl groups is 1. The third kappa shape index (κ3) is 7.49. The van der Waals surface area contributed by atoms with E-state index < -0.39 is 34.3 Å². The van der Waals surface area contributed by atoms with Crippen molar-refractivity contribution in [1.29, 1.82) is 0 Å². The van der Waals surface area contributed by atoms with E-state index in [-0.39, 0.29) is 36.9 Å². The minimum absolute atomic E-state index is 0.100. The SMILES string of the molecule is COc1ccc(S(=O)(=O)N(CC2CCNCC2)C[C@@H](O)[C@H](Cc2ccccc2)N(C(=O)O)[C@H]2CCOC2)cc1. The maximum atomic E-state index is 13.9. The molecule has 2 fully saturated rings. The van der Waals surface area contributed by atoms with Crippen LogP contribution in [0.25, 0.3) is 0 Å². The minimum atomic E-state index is -3.99. The second-order valence-corrected chi connectivity index (χ2v) is 12.2. The summed E-state index contributed by atoms with van der Waals surface area (Å²) >= 11 is 0. The molecule has 4 rings (SSSR count). The second kappa shape index (κ2) is 13.6. The van der Waals surface area contributed by atoms with Gasteiger partial charge in [0.2, 0.25) is 10.0 Å².